The molecule has 36 heavy (non-hydrogen) atoms. The number of hydrogen-bond donors (Lipinski definition) is 2. The van der Waals surface area contributed by atoms with Crippen LogP contribution in [0.4, 0.5) is 14.9 Å². The van der Waals surface area contributed by atoms with Crippen molar-refractivity contribution in [2.75, 3.05) is 18.5 Å². The molecule has 1 amide bonds. The number of halogens is 1. The first-order valence-corrected chi connectivity index (χ1v) is 11.1. The molecule has 3 aromatic rings. The molecule has 0 aliphatic carbocycles. The van der Waals surface area contributed by atoms with Crippen LogP contribution in [0.3, 0.4) is 0 Å². The molecule has 0 spiro atoms. The van der Waals surface area contributed by atoms with Crippen molar-refractivity contribution >= 4 is 17.6 Å². The molecule has 0 aliphatic rings. The van der Waals surface area contributed by atoms with Crippen molar-refractivity contribution in [2.45, 2.75) is 33.4 Å². The van der Waals surface area contributed by atoms with Crippen LogP contribution >= 0.6 is 0 Å². The number of benzene rings is 2. The summed E-state index contributed by atoms with van der Waals surface area (Å²) in [6, 6.07) is 9.02. The quantitative estimate of drug-likeness (QED) is 0.304. The summed E-state index contributed by atoms with van der Waals surface area (Å²) in [7, 11) is 0. The Balaban J connectivity index is 1.67. The van der Waals surface area contributed by atoms with Crippen LogP contribution in [0.5, 0.6) is 11.5 Å². The molecule has 3 N–H and O–H groups in total. The van der Waals surface area contributed by atoms with E-state index in [0.29, 0.717) is 30.2 Å². The highest BCUT2D eigenvalue weighted by Gasteiger charge is 2.18. The number of nitrogens with two attached hydrogens (primary N) is 1. The predicted molar refractivity (Wildman–Crippen MR) is 130 cm³/mol. The molecule has 0 aliphatic heterocycles. The number of hydrogen-bond acceptors (Lipinski definition) is 8. The zero-order valence-corrected chi connectivity index (χ0v) is 20.1. The van der Waals surface area contributed by atoms with Crippen molar-refractivity contribution in [1.82, 2.24) is 0 Å². The Labute approximate surface area is 206 Å². The number of aliphatic imine (C=N–C) groups is 1. The molecule has 0 saturated heterocycles. The van der Waals surface area contributed by atoms with E-state index >= 15 is 0 Å². The molecule has 2 aromatic carbocycles. The second kappa shape index (κ2) is 11.9. The van der Waals surface area contributed by atoms with Gasteiger partial charge in [-0.1, -0.05) is 0 Å². The van der Waals surface area contributed by atoms with E-state index in [9.17, 15) is 14.0 Å². The average molecular weight is 501 g/mol. The number of aryl methyl sites for hydroxylation is 1. The topological polar surface area (TPSA) is 139 Å². The van der Waals surface area contributed by atoms with E-state index in [-0.39, 0.29) is 35.3 Å². The lowest BCUT2D eigenvalue weighted by Gasteiger charge is -2.19. The number of carbonyl (C=O) groups is 1. The number of ether oxygens (including phenoxy) is 3. The standard InChI is InChI=1S/C25H27FN3O7/c1-5-32-18-11-19(22(26)20(12-18)33-6-2)14(3)28-17-9-7-16(8-10-17)23(27)29-24(30)34-13-21-15(4)35-25(31)36-21/h7-12,14,28H,3,5-6,13H2,1-2,4H3,(H2,27,29,30). The molecule has 0 saturated carbocycles. The molecular formula is C25H27FN3O7. The molecule has 10 nitrogen and oxygen atoms in total. The first kappa shape index (κ1) is 26.3. The van der Waals surface area contributed by atoms with Gasteiger partial charge in [0.15, 0.2) is 29.7 Å². The molecule has 1 heterocycles. The summed E-state index contributed by atoms with van der Waals surface area (Å²) in [6.07, 6.45) is -0.967. The summed E-state index contributed by atoms with van der Waals surface area (Å²) >= 11 is 0. The first-order valence-electron chi connectivity index (χ1n) is 11.1. The van der Waals surface area contributed by atoms with Crippen LogP contribution in [0.1, 0.15) is 42.5 Å². The number of rotatable bonds is 10. The van der Waals surface area contributed by atoms with Gasteiger partial charge >= 0.3 is 11.9 Å². The van der Waals surface area contributed by atoms with Gasteiger partial charge in [0.2, 0.25) is 0 Å². The number of nitrogens with one attached hydrogen (secondary N) is 1. The minimum absolute atomic E-state index is 0.0804. The lowest BCUT2D eigenvalue weighted by molar-refractivity contribution is 0.140. The van der Waals surface area contributed by atoms with Crippen molar-refractivity contribution in [1.29, 1.82) is 0 Å². The SMILES string of the molecule is [CH2]C(Nc1ccc(C(N)=NC(=O)OCc2oc(=O)oc2C)cc1)c1cc(OCC)cc(OCC)c1F. The van der Waals surface area contributed by atoms with Gasteiger partial charge in [-0.3, -0.25) is 0 Å². The van der Waals surface area contributed by atoms with Crippen molar-refractivity contribution in [3.63, 3.8) is 0 Å². The monoisotopic (exact) mass is 500 g/mol. The van der Waals surface area contributed by atoms with Gasteiger partial charge in [-0.05, 0) is 58.0 Å². The number of anilines is 1. The van der Waals surface area contributed by atoms with Gasteiger partial charge < -0.3 is 34.1 Å². The molecular weight excluding hydrogens is 473 g/mol. The summed E-state index contributed by atoms with van der Waals surface area (Å²) < 4.78 is 40.2. The summed E-state index contributed by atoms with van der Waals surface area (Å²) in [5, 5.41) is 3.11. The second-order valence-corrected chi connectivity index (χ2v) is 7.45. The van der Waals surface area contributed by atoms with E-state index in [1.54, 1.807) is 37.3 Å². The highest BCUT2D eigenvalue weighted by molar-refractivity contribution is 6.02. The molecule has 1 unspecified atom stereocenters. The predicted octanol–water partition coefficient (Wildman–Crippen LogP) is 4.51. The summed E-state index contributed by atoms with van der Waals surface area (Å²) in [5.74, 6) is -0.648. The lowest BCUT2D eigenvalue weighted by Crippen LogP contribution is -2.16. The summed E-state index contributed by atoms with van der Waals surface area (Å²) in [5.41, 5.74) is 7.25. The van der Waals surface area contributed by atoms with E-state index in [2.05, 4.69) is 21.7 Å². The van der Waals surface area contributed by atoms with E-state index in [1.807, 2.05) is 6.92 Å². The van der Waals surface area contributed by atoms with Crippen LogP contribution < -0.4 is 26.3 Å². The second-order valence-electron chi connectivity index (χ2n) is 7.45. The fourth-order valence-corrected chi connectivity index (χ4v) is 3.20. The van der Waals surface area contributed by atoms with Gasteiger partial charge in [-0.2, -0.15) is 4.99 Å². The molecule has 191 valence electrons. The van der Waals surface area contributed by atoms with Crippen molar-refractivity contribution in [3.05, 3.63) is 82.4 Å². The average Bonchev–Trinajstić information content (AvgIpc) is 3.17. The zero-order chi connectivity index (χ0) is 26.2. The number of nitrogens with zero attached hydrogens (tertiary/aromatic N) is 1. The van der Waals surface area contributed by atoms with Gasteiger partial charge in [0.1, 0.15) is 11.6 Å². The zero-order valence-electron chi connectivity index (χ0n) is 20.1. The third kappa shape index (κ3) is 6.65. The Kier molecular flexibility index (Phi) is 8.71. The maximum absolute atomic E-state index is 15.0. The van der Waals surface area contributed by atoms with Gasteiger partial charge in [-0.15, -0.1) is 0 Å². The number of amides is 1. The van der Waals surface area contributed by atoms with Crippen LogP contribution in [0.15, 0.2) is 55.0 Å². The largest absolute Gasteiger partial charge is 0.519 e. The van der Waals surface area contributed by atoms with Crippen LogP contribution in [-0.2, 0) is 11.3 Å². The molecule has 1 radical (unpaired) electrons. The van der Waals surface area contributed by atoms with E-state index in [1.165, 1.54) is 13.0 Å². The van der Waals surface area contributed by atoms with E-state index in [0.717, 1.165) is 0 Å². The van der Waals surface area contributed by atoms with Gasteiger partial charge in [0, 0.05) is 22.9 Å². The third-order valence-electron chi connectivity index (χ3n) is 4.92. The molecule has 0 bridgehead atoms. The Hall–Kier alpha value is -4.28. The fraction of sp³-hybridized carbons (Fsp3) is 0.280. The van der Waals surface area contributed by atoms with Crippen molar-refractivity contribution in [2.24, 2.45) is 10.7 Å². The highest BCUT2D eigenvalue weighted by atomic mass is 19.1. The lowest BCUT2D eigenvalue weighted by atomic mass is 10.1. The van der Waals surface area contributed by atoms with Crippen LogP contribution in [0, 0.1) is 19.7 Å². The minimum atomic E-state index is -0.967. The molecule has 1 atom stereocenters. The Bertz CT molecular complexity index is 1280. The normalized spacial score (nSPS) is 12.2. The molecule has 1 aromatic heterocycles. The maximum Gasteiger partial charge on any atom is 0.519 e. The first-order chi connectivity index (χ1) is 17.2. The highest BCUT2D eigenvalue weighted by Crippen LogP contribution is 2.32. The molecule has 0 fully saturated rings. The smallest absolute Gasteiger partial charge is 0.494 e. The number of amidine groups is 1. The fourth-order valence-electron chi connectivity index (χ4n) is 3.20. The minimum Gasteiger partial charge on any atom is -0.494 e. The molecule has 11 heteroatoms. The Morgan fingerprint density at radius 1 is 1.17 bits per heavy atom. The van der Waals surface area contributed by atoms with Gasteiger partial charge in [0.05, 0.1) is 19.3 Å². The number of carbonyl (C=O) groups excluding carboxylic acids is 1. The molecule has 3 rings (SSSR count). The van der Waals surface area contributed by atoms with Crippen LogP contribution in [0.2, 0.25) is 0 Å². The third-order valence-corrected chi connectivity index (χ3v) is 4.92. The van der Waals surface area contributed by atoms with E-state index in [4.69, 9.17) is 24.4 Å². The Morgan fingerprint density at radius 3 is 2.47 bits per heavy atom. The van der Waals surface area contributed by atoms with Gasteiger partial charge in [0.25, 0.3) is 0 Å². The van der Waals surface area contributed by atoms with Crippen LogP contribution in [-0.4, -0.2) is 25.1 Å². The summed E-state index contributed by atoms with van der Waals surface area (Å²) in [4.78, 5) is 26.7. The van der Waals surface area contributed by atoms with Crippen molar-refractivity contribution < 1.29 is 32.2 Å². The van der Waals surface area contributed by atoms with Crippen LogP contribution in [0.25, 0.3) is 0 Å². The van der Waals surface area contributed by atoms with Gasteiger partial charge in [-0.25, -0.2) is 14.0 Å². The Morgan fingerprint density at radius 2 is 1.86 bits per heavy atom. The van der Waals surface area contributed by atoms with E-state index < -0.39 is 23.8 Å². The van der Waals surface area contributed by atoms with Crippen molar-refractivity contribution in [3.8, 4) is 11.5 Å². The maximum atomic E-state index is 15.0. The summed E-state index contributed by atoms with van der Waals surface area (Å²) in [6.45, 7) is 9.51.